The lowest BCUT2D eigenvalue weighted by Crippen LogP contribution is -2.29. The van der Waals surface area contributed by atoms with E-state index in [0.717, 1.165) is 16.7 Å². The van der Waals surface area contributed by atoms with Gasteiger partial charge in [-0.15, -0.1) is 0 Å². The quantitative estimate of drug-likeness (QED) is 0.671. The van der Waals surface area contributed by atoms with E-state index in [0.29, 0.717) is 10.0 Å². The van der Waals surface area contributed by atoms with Crippen molar-refractivity contribution in [2.24, 2.45) is 5.84 Å². The first-order chi connectivity index (χ1) is 8.61. The Morgan fingerprint density at radius 3 is 2.44 bits per heavy atom. The molecule has 1 aromatic carbocycles. The summed E-state index contributed by atoms with van der Waals surface area (Å²) in [6.45, 7) is 2.01. The topological polar surface area (TPSA) is 50.9 Å². The summed E-state index contributed by atoms with van der Waals surface area (Å²) < 4.78 is 0. The van der Waals surface area contributed by atoms with Crippen LogP contribution in [0.1, 0.15) is 22.7 Å². The Morgan fingerprint density at radius 2 is 1.89 bits per heavy atom. The van der Waals surface area contributed by atoms with Gasteiger partial charge in [0.05, 0.1) is 6.04 Å². The average molecular weight is 282 g/mol. The highest BCUT2D eigenvalue weighted by Gasteiger charge is 2.15. The van der Waals surface area contributed by atoms with E-state index in [1.165, 1.54) is 0 Å². The monoisotopic (exact) mass is 281 g/mol. The van der Waals surface area contributed by atoms with E-state index in [-0.39, 0.29) is 6.04 Å². The van der Waals surface area contributed by atoms with Gasteiger partial charge in [0.1, 0.15) is 0 Å². The van der Waals surface area contributed by atoms with E-state index in [1.54, 1.807) is 18.5 Å². The van der Waals surface area contributed by atoms with Crippen LogP contribution in [0.2, 0.25) is 10.0 Å². The van der Waals surface area contributed by atoms with Gasteiger partial charge in [-0.3, -0.25) is 10.8 Å². The Bertz CT molecular complexity index is 537. The number of pyridine rings is 1. The second-order valence-electron chi connectivity index (χ2n) is 4.03. The summed E-state index contributed by atoms with van der Waals surface area (Å²) in [4.78, 5) is 4.12. The van der Waals surface area contributed by atoms with Crippen molar-refractivity contribution in [3.63, 3.8) is 0 Å². The number of aryl methyl sites for hydroxylation is 1. The van der Waals surface area contributed by atoms with Gasteiger partial charge in [0.15, 0.2) is 0 Å². The molecule has 0 aliphatic carbocycles. The predicted octanol–water partition coefficient (Wildman–Crippen LogP) is 3.25. The minimum Gasteiger partial charge on any atom is -0.271 e. The van der Waals surface area contributed by atoms with Gasteiger partial charge in [0, 0.05) is 22.4 Å². The second kappa shape index (κ2) is 5.67. The molecule has 3 N–H and O–H groups in total. The van der Waals surface area contributed by atoms with E-state index in [2.05, 4.69) is 10.4 Å². The molecule has 0 aliphatic rings. The third kappa shape index (κ3) is 2.82. The van der Waals surface area contributed by atoms with Gasteiger partial charge >= 0.3 is 0 Å². The van der Waals surface area contributed by atoms with Crippen molar-refractivity contribution in [2.45, 2.75) is 13.0 Å². The molecule has 3 nitrogen and oxygen atoms in total. The number of aromatic nitrogens is 1. The Labute approximate surface area is 116 Å². The minimum absolute atomic E-state index is 0.185. The molecule has 1 aromatic heterocycles. The maximum absolute atomic E-state index is 6.01. The summed E-state index contributed by atoms with van der Waals surface area (Å²) in [5.41, 5.74) is 5.78. The Balaban J connectivity index is 2.48. The van der Waals surface area contributed by atoms with Crippen LogP contribution in [0.3, 0.4) is 0 Å². The third-order valence-corrected chi connectivity index (χ3v) is 3.21. The molecule has 0 aliphatic heterocycles. The van der Waals surface area contributed by atoms with E-state index in [9.17, 15) is 0 Å². The van der Waals surface area contributed by atoms with Gasteiger partial charge in [-0.1, -0.05) is 23.2 Å². The summed E-state index contributed by atoms with van der Waals surface area (Å²) >= 11 is 12.0. The fourth-order valence-electron chi connectivity index (χ4n) is 1.89. The fraction of sp³-hybridized carbons (Fsp3) is 0.154. The van der Waals surface area contributed by atoms with Gasteiger partial charge < -0.3 is 0 Å². The maximum atomic E-state index is 6.01. The number of hydrogen-bond donors (Lipinski definition) is 2. The van der Waals surface area contributed by atoms with Crippen molar-refractivity contribution < 1.29 is 0 Å². The second-order valence-corrected chi connectivity index (χ2v) is 4.91. The van der Waals surface area contributed by atoms with Crippen molar-refractivity contribution in [1.82, 2.24) is 10.4 Å². The highest BCUT2D eigenvalue weighted by Crippen LogP contribution is 2.28. The molecule has 5 heteroatoms. The lowest BCUT2D eigenvalue weighted by molar-refractivity contribution is 0.631. The smallest absolute Gasteiger partial charge is 0.0728 e. The van der Waals surface area contributed by atoms with Gasteiger partial charge in [0.25, 0.3) is 0 Å². The molecule has 1 heterocycles. The minimum atomic E-state index is -0.185. The summed E-state index contributed by atoms with van der Waals surface area (Å²) in [6.07, 6.45) is 3.53. The summed E-state index contributed by atoms with van der Waals surface area (Å²) in [5, 5.41) is 1.17. The molecular weight excluding hydrogens is 269 g/mol. The molecule has 0 spiro atoms. The summed E-state index contributed by atoms with van der Waals surface area (Å²) in [5.74, 6) is 5.64. The van der Waals surface area contributed by atoms with Crippen LogP contribution in [0.4, 0.5) is 0 Å². The first-order valence-electron chi connectivity index (χ1n) is 5.44. The number of hydrogen-bond acceptors (Lipinski definition) is 3. The zero-order valence-corrected chi connectivity index (χ0v) is 11.3. The van der Waals surface area contributed by atoms with Crippen molar-refractivity contribution >= 4 is 23.2 Å². The number of nitrogens with two attached hydrogens (primary N) is 1. The third-order valence-electron chi connectivity index (χ3n) is 2.78. The average Bonchev–Trinajstić information content (AvgIpc) is 2.31. The number of nitrogens with zero attached hydrogens (tertiary/aromatic N) is 1. The summed E-state index contributed by atoms with van der Waals surface area (Å²) in [6, 6.07) is 7.12. The summed E-state index contributed by atoms with van der Waals surface area (Å²) in [7, 11) is 0. The van der Waals surface area contributed by atoms with Crippen LogP contribution in [0.5, 0.6) is 0 Å². The predicted molar refractivity (Wildman–Crippen MR) is 74.6 cm³/mol. The number of rotatable bonds is 3. The Hall–Kier alpha value is -1.13. The first-order valence-corrected chi connectivity index (χ1v) is 6.20. The van der Waals surface area contributed by atoms with Crippen LogP contribution in [-0.4, -0.2) is 4.98 Å². The van der Waals surface area contributed by atoms with Crippen LogP contribution in [-0.2, 0) is 0 Å². The number of halogens is 2. The molecule has 0 bridgehead atoms. The molecule has 1 atom stereocenters. The van der Waals surface area contributed by atoms with E-state index in [1.807, 2.05) is 25.1 Å². The number of nitrogens with one attached hydrogen (secondary N) is 1. The standard InChI is InChI=1S/C13H13Cl2N3/c1-8-2-3-17-7-12(8)13(18-16)9-4-10(14)6-11(15)5-9/h2-7,13,18H,16H2,1H3. The molecule has 2 aromatic rings. The van der Waals surface area contributed by atoms with Gasteiger partial charge in [-0.25, -0.2) is 5.43 Å². The number of hydrazine groups is 1. The molecule has 0 saturated carbocycles. The molecule has 0 saturated heterocycles. The van der Waals surface area contributed by atoms with E-state index < -0.39 is 0 Å². The first kappa shape index (κ1) is 13.3. The Morgan fingerprint density at radius 1 is 1.22 bits per heavy atom. The van der Waals surface area contributed by atoms with Gasteiger partial charge in [0.2, 0.25) is 0 Å². The zero-order valence-electron chi connectivity index (χ0n) is 9.82. The van der Waals surface area contributed by atoms with Crippen molar-refractivity contribution in [2.75, 3.05) is 0 Å². The molecule has 2 rings (SSSR count). The highest BCUT2D eigenvalue weighted by molar-refractivity contribution is 6.34. The van der Waals surface area contributed by atoms with Crippen LogP contribution in [0.15, 0.2) is 36.7 Å². The fourth-order valence-corrected chi connectivity index (χ4v) is 2.43. The van der Waals surface area contributed by atoms with Crippen LogP contribution in [0, 0.1) is 6.92 Å². The van der Waals surface area contributed by atoms with Crippen molar-refractivity contribution in [3.8, 4) is 0 Å². The van der Waals surface area contributed by atoms with E-state index >= 15 is 0 Å². The van der Waals surface area contributed by atoms with Gasteiger partial charge in [-0.2, -0.15) is 0 Å². The van der Waals surface area contributed by atoms with E-state index in [4.69, 9.17) is 29.0 Å². The van der Waals surface area contributed by atoms with Crippen molar-refractivity contribution in [1.29, 1.82) is 0 Å². The van der Waals surface area contributed by atoms with Crippen molar-refractivity contribution in [3.05, 3.63) is 63.4 Å². The molecule has 94 valence electrons. The maximum Gasteiger partial charge on any atom is 0.0728 e. The van der Waals surface area contributed by atoms with Crippen LogP contribution >= 0.6 is 23.2 Å². The normalized spacial score (nSPS) is 12.4. The SMILES string of the molecule is Cc1ccncc1C(NN)c1cc(Cl)cc(Cl)c1. The van der Waals surface area contributed by atoms with Crippen LogP contribution in [0.25, 0.3) is 0 Å². The molecule has 1 unspecified atom stereocenters. The largest absolute Gasteiger partial charge is 0.271 e. The molecule has 18 heavy (non-hydrogen) atoms. The lowest BCUT2D eigenvalue weighted by Gasteiger charge is -2.19. The van der Waals surface area contributed by atoms with Crippen LogP contribution < -0.4 is 11.3 Å². The highest BCUT2D eigenvalue weighted by atomic mass is 35.5. The molecule has 0 amide bonds. The number of benzene rings is 1. The van der Waals surface area contributed by atoms with Gasteiger partial charge in [-0.05, 0) is 47.9 Å². The zero-order chi connectivity index (χ0) is 13.1. The molecular formula is C13H13Cl2N3. The Kier molecular flexibility index (Phi) is 4.19. The lowest BCUT2D eigenvalue weighted by atomic mass is 9.97. The molecule has 0 fully saturated rings. The molecule has 0 radical (unpaired) electrons.